The van der Waals surface area contributed by atoms with E-state index in [9.17, 15) is 19.5 Å². The Kier molecular flexibility index (Phi) is 7.21. The number of carbonyl (C=O) groups is 3. The molecule has 0 radical (unpaired) electrons. The second kappa shape index (κ2) is 10.1. The van der Waals surface area contributed by atoms with E-state index in [1.165, 1.54) is 46.9 Å². The van der Waals surface area contributed by atoms with Crippen molar-refractivity contribution in [1.82, 2.24) is 20.2 Å². The molecule has 4 heterocycles. The van der Waals surface area contributed by atoms with Crippen molar-refractivity contribution in [3.8, 4) is 0 Å². The van der Waals surface area contributed by atoms with Gasteiger partial charge in [-0.1, -0.05) is 5.16 Å². The zero-order valence-corrected chi connectivity index (χ0v) is 20.4. The van der Waals surface area contributed by atoms with Gasteiger partial charge in [-0.2, -0.15) is 0 Å². The van der Waals surface area contributed by atoms with Gasteiger partial charge in [-0.15, -0.1) is 46.2 Å². The Hall–Kier alpha value is -2.62. The first-order valence-electron chi connectivity index (χ1n) is 9.45. The van der Waals surface area contributed by atoms with Gasteiger partial charge in [0.15, 0.2) is 10.8 Å². The van der Waals surface area contributed by atoms with Gasteiger partial charge < -0.3 is 21.0 Å². The topological polar surface area (TPSA) is 160 Å². The number of hydrogen-bond acceptors (Lipinski definition) is 12. The van der Waals surface area contributed by atoms with Crippen molar-refractivity contribution in [3.63, 3.8) is 0 Å². The highest BCUT2D eigenvalue weighted by Crippen LogP contribution is 2.43. The van der Waals surface area contributed by atoms with Crippen LogP contribution < -0.4 is 11.1 Å². The number of aliphatic carboxylic acids is 1. The number of carboxylic acid groups (broad SMARTS) is 1. The number of β-lactam (4-membered cyclic amide) rings is 1. The van der Waals surface area contributed by atoms with E-state index in [4.69, 9.17) is 10.6 Å². The maximum atomic E-state index is 12.9. The van der Waals surface area contributed by atoms with Crippen molar-refractivity contribution in [1.29, 1.82) is 0 Å². The largest absolute Gasteiger partial charge is 0.477 e. The average Bonchev–Trinajstić information content (AvgIpc) is 3.46. The van der Waals surface area contributed by atoms with Gasteiger partial charge in [-0.05, 0) is 6.42 Å². The molecular weight excluding hydrogens is 509 g/mol. The third-order valence-corrected chi connectivity index (χ3v) is 8.57. The Morgan fingerprint density at radius 2 is 2.27 bits per heavy atom. The standard InChI is InChI=1S/C18H18N6O5S4/c1-29-23-11(9-5-33-18(19)21-9)14(25)22-12-15(26)24-13(17(27)28)10(6-32-16(12)24)31-3-2-8-4-30-7-20-8/h4-5,7,12,16H,2-3,6H2,1H3,(H2,19,21)(H,22,25)(H,27,28)/b23-11-/t12-,16-/m1/s1. The molecule has 0 spiro atoms. The SMILES string of the molecule is CO/N=C(\C(=O)N[C@@H]1C(=O)N2C(C(=O)O)=C(SCCc3cscn3)CS[C@H]12)c1csc(N)n1. The molecule has 174 valence electrons. The Labute approximate surface area is 204 Å². The summed E-state index contributed by atoms with van der Waals surface area (Å²) in [6.07, 6.45) is 0.702. The molecule has 2 atom stereocenters. The lowest BCUT2D eigenvalue weighted by molar-refractivity contribution is -0.150. The maximum Gasteiger partial charge on any atom is 0.353 e. The number of nitrogens with zero attached hydrogens (tertiary/aromatic N) is 4. The predicted octanol–water partition coefficient (Wildman–Crippen LogP) is 1.20. The Morgan fingerprint density at radius 3 is 2.91 bits per heavy atom. The number of fused-ring (bicyclic) bond motifs is 1. The van der Waals surface area contributed by atoms with Crippen LogP contribution in [0, 0.1) is 0 Å². The first-order valence-corrected chi connectivity index (χ1v) is 13.3. The molecule has 11 nitrogen and oxygen atoms in total. The molecular formula is C18H18N6O5S4. The van der Waals surface area contributed by atoms with Crippen LogP contribution in [0.5, 0.6) is 0 Å². The van der Waals surface area contributed by atoms with Crippen LogP contribution in [0.15, 0.2) is 32.0 Å². The van der Waals surface area contributed by atoms with E-state index in [1.54, 1.807) is 10.9 Å². The molecule has 15 heteroatoms. The summed E-state index contributed by atoms with van der Waals surface area (Å²) < 4.78 is 0. The van der Waals surface area contributed by atoms with Crippen molar-refractivity contribution in [2.24, 2.45) is 5.16 Å². The van der Waals surface area contributed by atoms with Crippen molar-refractivity contribution < 1.29 is 24.3 Å². The fourth-order valence-electron chi connectivity index (χ4n) is 3.24. The predicted molar refractivity (Wildman–Crippen MR) is 128 cm³/mol. The van der Waals surface area contributed by atoms with Gasteiger partial charge >= 0.3 is 5.97 Å². The minimum Gasteiger partial charge on any atom is -0.477 e. The second-order valence-corrected chi connectivity index (χ2v) is 10.6. The molecule has 0 aliphatic carbocycles. The summed E-state index contributed by atoms with van der Waals surface area (Å²) in [6, 6.07) is -0.892. The highest BCUT2D eigenvalue weighted by molar-refractivity contribution is 8.06. The summed E-state index contributed by atoms with van der Waals surface area (Å²) in [5.74, 6) is -1.26. The summed E-state index contributed by atoms with van der Waals surface area (Å²) in [5, 5.41) is 19.3. The van der Waals surface area contributed by atoms with E-state index < -0.39 is 29.2 Å². The van der Waals surface area contributed by atoms with Gasteiger partial charge in [0.1, 0.15) is 29.9 Å². The highest BCUT2D eigenvalue weighted by atomic mass is 32.2. The molecule has 2 aromatic heterocycles. The molecule has 0 unspecified atom stereocenters. The van der Waals surface area contributed by atoms with Crippen LogP contribution in [0.1, 0.15) is 11.4 Å². The van der Waals surface area contributed by atoms with Gasteiger partial charge in [-0.25, -0.2) is 14.8 Å². The molecule has 33 heavy (non-hydrogen) atoms. The second-order valence-electron chi connectivity index (χ2n) is 6.71. The van der Waals surface area contributed by atoms with Crippen molar-refractivity contribution in [3.05, 3.63) is 38.3 Å². The lowest BCUT2D eigenvalue weighted by Crippen LogP contribution is -2.71. The summed E-state index contributed by atoms with van der Waals surface area (Å²) in [4.78, 5) is 52.5. The Morgan fingerprint density at radius 1 is 1.45 bits per heavy atom. The molecule has 2 aliphatic rings. The van der Waals surface area contributed by atoms with E-state index in [-0.39, 0.29) is 22.2 Å². The van der Waals surface area contributed by atoms with Gasteiger partial charge in [0.2, 0.25) is 0 Å². The van der Waals surface area contributed by atoms with Gasteiger partial charge in [0.25, 0.3) is 11.8 Å². The Balaban J connectivity index is 1.45. The molecule has 4 N–H and O–H groups in total. The number of hydrogen-bond donors (Lipinski definition) is 3. The van der Waals surface area contributed by atoms with Crippen LogP contribution >= 0.6 is 46.2 Å². The van der Waals surface area contributed by atoms with E-state index in [0.717, 1.165) is 17.0 Å². The quantitative estimate of drug-likeness (QED) is 0.246. The fourth-order valence-corrected chi connectivity index (χ4v) is 7.00. The maximum absolute atomic E-state index is 12.9. The number of aryl methyl sites for hydroxylation is 1. The zero-order chi connectivity index (χ0) is 23.5. The van der Waals surface area contributed by atoms with Crippen molar-refractivity contribution in [2.45, 2.75) is 17.8 Å². The van der Waals surface area contributed by atoms with Crippen molar-refractivity contribution in [2.75, 3.05) is 24.3 Å². The zero-order valence-electron chi connectivity index (χ0n) is 17.1. The molecule has 0 bridgehead atoms. The van der Waals surface area contributed by atoms with Gasteiger partial charge in [0.05, 0.1) is 11.2 Å². The third kappa shape index (κ3) is 4.85. The van der Waals surface area contributed by atoms with Crippen LogP contribution in [0.4, 0.5) is 5.13 Å². The van der Waals surface area contributed by atoms with Gasteiger partial charge in [-0.3, -0.25) is 14.5 Å². The summed E-state index contributed by atoms with van der Waals surface area (Å²) in [7, 11) is 1.29. The normalized spacial score (nSPS) is 20.3. The number of rotatable bonds is 9. The van der Waals surface area contributed by atoms with Crippen LogP contribution in [0.2, 0.25) is 0 Å². The number of nitrogens with two attached hydrogens (primary N) is 1. The number of carboxylic acids is 1. The van der Waals surface area contributed by atoms with E-state index in [0.29, 0.717) is 22.8 Å². The number of carbonyl (C=O) groups excluding carboxylic acids is 2. The number of nitrogen functional groups attached to an aromatic ring is 1. The third-order valence-electron chi connectivity index (χ3n) is 4.70. The number of nitrogens with one attached hydrogen (secondary N) is 1. The van der Waals surface area contributed by atoms with Crippen LogP contribution in [0.3, 0.4) is 0 Å². The van der Waals surface area contributed by atoms with E-state index in [1.807, 2.05) is 5.38 Å². The lowest BCUT2D eigenvalue weighted by Gasteiger charge is -2.49. The molecule has 0 aromatic carbocycles. The number of oxime groups is 1. The minimum atomic E-state index is -1.17. The van der Waals surface area contributed by atoms with Gasteiger partial charge in [0, 0.05) is 27.2 Å². The fraction of sp³-hybridized carbons (Fsp3) is 0.333. The number of thioether (sulfide) groups is 2. The van der Waals surface area contributed by atoms with Crippen LogP contribution in [-0.2, 0) is 25.6 Å². The number of aromatic nitrogens is 2. The number of thiazole rings is 2. The average molecular weight is 527 g/mol. The van der Waals surface area contributed by atoms with E-state index >= 15 is 0 Å². The summed E-state index contributed by atoms with van der Waals surface area (Å²) in [5.41, 5.74) is 8.40. The Bertz CT molecular complexity index is 1130. The number of anilines is 1. The molecule has 4 rings (SSSR count). The summed E-state index contributed by atoms with van der Waals surface area (Å²) in [6.45, 7) is 0. The molecule has 1 saturated heterocycles. The van der Waals surface area contributed by atoms with Crippen LogP contribution in [-0.4, -0.2) is 73.5 Å². The first-order chi connectivity index (χ1) is 15.9. The molecule has 1 fully saturated rings. The molecule has 2 amide bonds. The molecule has 0 saturated carbocycles. The molecule has 2 aromatic rings. The summed E-state index contributed by atoms with van der Waals surface area (Å²) >= 11 is 5.45. The van der Waals surface area contributed by atoms with E-state index in [2.05, 4.69) is 20.4 Å². The molecule has 2 aliphatic heterocycles. The minimum absolute atomic E-state index is 0.0319. The van der Waals surface area contributed by atoms with Crippen LogP contribution in [0.25, 0.3) is 0 Å². The smallest absolute Gasteiger partial charge is 0.353 e. The lowest BCUT2D eigenvalue weighted by atomic mass is 10.0. The first kappa shape index (κ1) is 23.5. The van der Waals surface area contributed by atoms with Crippen molar-refractivity contribution >= 4 is 74.8 Å². The highest BCUT2D eigenvalue weighted by Gasteiger charge is 2.54. The number of amides is 2. The monoisotopic (exact) mass is 526 g/mol.